The van der Waals surface area contributed by atoms with Crippen LogP contribution in [0.4, 0.5) is 0 Å². The summed E-state index contributed by atoms with van der Waals surface area (Å²) in [6.45, 7) is 2.78. The van der Waals surface area contributed by atoms with Crippen LogP contribution in [0.2, 0.25) is 0 Å². The van der Waals surface area contributed by atoms with Crippen molar-refractivity contribution in [2.45, 2.75) is 35.7 Å². The van der Waals surface area contributed by atoms with Gasteiger partial charge in [-0.2, -0.15) is 0 Å². The maximum Gasteiger partial charge on any atom is 0.254 e. The Bertz CT molecular complexity index is 1280. The Morgan fingerprint density at radius 1 is 0.838 bits per heavy atom. The van der Waals surface area contributed by atoms with Crippen LogP contribution in [0.15, 0.2) is 114 Å². The predicted octanol–water partition coefficient (Wildman–Crippen LogP) is 5.37. The molecule has 0 radical (unpaired) electrons. The molecule has 37 heavy (non-hydrogen) atoms. The van der Waals surface area contributed by atoms with Crippen LogP contribution in [0.5, 0.6) is 0 Å². The topological polar surface area (TPSA) is 62.3 Å². The van der Waals surface area contributed by atoms with Gasteiger partial charge in [0.1, 0.15) is 5.03 Å². The van der Waals surface area contributed by atoms with Crippen LogP contribution >= 0.6 is 0 Å². The number of nitrogens with one attached hydrogen (secondary N) is 1. The van der Waals surface area contributed by atoms with Gasteiger partial charge < -0.3 is 5.32 Å². The molecule has 3 aromatic carbocycles. The number of hydrogen-bond donors (Lipinski definition) is 1. The Hall–Kier alpha value is -3.61. The minimum atomic E-state index is -1.57. The Balaban J connectivity index is 1.30. The zero-order chi connectivity index (χ0) is 25.5. The summed E-state index contributed by atoms with van der Waals surface area (Å²) in [6, 6.07) is 33.6. The standard InChI is InChI=1S/C31H31N3O2S/c35-30(33-27-18-21-34(22-19-27)23-24-11-4-1-5-12-24)28-17-10-20-32-31(28)37(36)29(25-13-6-2-7-14-25)26-15-8-3-9-16-26/h1-17,20,27,29H,18-19,21-23H2,(H,33,35). The van der Waals surface area contributed by atoms with Gasteiger partial charge in [-0.25, -0.2) is 4.98 Å². The maximum atomic E-state index is 14.0. The van der Waals surface area contributed by atoms with Gasteiger partial charge in [-0.3, -0.25) is 13.9 Å². The van der Waals surface area contributed by atoms with Crippen LogP contribution in [-0.4, -0.2) is 39.1 Å². The lowest BCUT2D eigenvalue weighted by atomic mass is 10.0. The Kier molecular flexibility index (Phi) is 8.18. The third-order valence-corrected chi connectivity index (χ3v) is 8.48. The molecule has 6 heteroatoms. The second-order valence-corrected chi connectivity index (χ2v) is 10.8. The van der Waals surface area contributed by atoms with Gasteiger partial charge in [-0.05, 0) is 41.7 Å². The van der Waals surface area contributed by atoms with Gasteiger partial charge in [0.25, 0.3) is 5.91 Å². The molecule has 1 saturated heterocycles. The lowest BCUT2D eigenvalue weighted by Crippen LogP contribution is -2.44. The van der Waals surface area contributed by atoms with E-state index in [9.17, 15) is 9.00 Å². The van der Waals surface area contributed by atoms with E-state index < -0.39 is 16.0 Å². The number of rotatable bonds is 8. The van der Waals surface area contributed by atoms with Crippen molar-refractivity contribution in [1.29, 1.82) is 0 Å². The number of nitrogens with zero attached hydrogens (tertiary/aromatic N) is 2. The fraction of sp³-hybridized carbons (Fsp3) is 0.226. The second-order valence-electron chi connectivity index (χ2n) is 9.36. The molecular weight excluding hydrogens is 478 g/mol. The first-order valence-electron chi connectivity index (χ1n) is 12.7. The monoisotopic (exact) mass is 509 g/mol. The van der Waals surface area contributed by atoms with E-state index in [0.717, 1.165) is 43.6 Å². The number of carbonyl (C=O) groups excluding carboxylic acids is 1. The summed E-state index contributed by atoms with van der Waals surface area (Å²) in [5.74, 6) is -0.210. The van der Waals surface area contributed by atoms with Gasteiger partial charge in [0.15, 0.2) is 0 Å². The fourth-order valence-corrected chi connectivity index (χ4v) is 6.45. The van der Waals surface area contributed by atoms with Crippen LogP contribution in [0, 0.1) is 0 Å². The van der Waals surface area contributed by atoms with Crippen molar-refractivity contribution < 1.29 is 9.00 Å². The first kappa shape index (κ1) is 25.1. The molecule has 1 unspecified atom stereocenters. The highest BCUT2D eigenvalue weighted by Gasteiger charge is 2.28. The van der Waals surface area contributed by atoms with E-state index in [0.29, 0.717) is 10.6 Å². The highest BCUT2D eigenvalue weighted by molar-refractivity contribution is 7.85. The molecule has 0 saturated carbocycles. The summed E-state index contributed by atoms with van der Waals surface area (Å²) < 4.78 is 14.0. The third kappa shape index (κ3) is 6.21. The molecule has 5 rings (SSSR count). The zero-order valence-corrected chi connectivity index (χ0v) is 21.5. The van der Waals surface area contributed by atoms with Crippen LogP contribution in [0.1, 0.15) is 45.1 Å². The molecule has 5 nitrogen and oxygen atoms in total. The number of piperidine rings is 1. The summed E-state index contributed by atoms with van der Waals surface area (Å²) in [7, 11) is -1.57. The van der Waals surface area contributed by atoms with Gasteiger partial charge >= 0.3 is 0 Å². The normalized spacial score (nSPS) is 15.4. The molecule has 4 aromatic rings. The Morgan fingerprint density at radius 2 is 1.41 bits per heavy atom. The van der Waals surface area contributed by atoms with Crippen molar-refractivity contribution in [2.75, 3.05) is 13.1 Å². The molecule has 0 spiro atoms. The van der Waals surface area contributed by atoms with Gasteiger partial charge in [-0.15, -0.1) is 0 Å². The molecule has 1 atom stereocenters. The molecule has 0 aliphatic carbocycles. The second kappa shape index (κ2) is 12.1. The summed E-state index contributed by atoms with van der Waals surface area (Å²) >= 11 is 0. The SMILES string of the molecule is O=C(NC1CCN(Cc2ccccc2)CC1)c1cccnc1S(=O)C(c1ccccc1)c1ccccc1. The minimum Gasteiger partial charge on any atom is -0.349 e. The maximum absolute atomic E-state index is 14.0. The molecule has 1 aliphatic rings. The molecule has 188 valence electrons. The number of amides is 1. The number of likely N-dealkylation sites (tertiary alicyclic amines) is 1. The molecule has 1 aromatic heterocycles. The molecule has 0 bridgehead atoms. The van der Waals surface area contributed by atoms with Gasteiger partial charge in [0.2, 0.25) is 0 Å². The first-order valence-corrected chi connectivity index (χ1v) is 13.9. The van der Waals surface area contributed by atoms with E-state index in [1.165, 1.54) is 5.56 Å². The highest BCUT2D eigenvalue weighted by Crippen LogP contribution is 2.32. The van der Waals surface area contributed by atoms with Crippen molar-refractivity contribution in [2.24, 2.45) is 0 Å². The van der Waals surface area contributed by atoms with E-state index in [1.54, 1.807) is 18.3 Å². The quantitative estimate of drug-likeness (QED) is 0.347. The average Bonchev–Trinajstić information content (AvgIpc) is 2.96. The van der Waals surface area contributed by atoms with Crippen LogP contribution in [-0.2, 0) is 17.3 Å². The van der Waals surface area contributed by atoms with Crippen molar-refractivity contribution >= 4 is 16.7 Å². The molecule has 1 amide bonds. The molecule has 1 aliphatic heterocycles. The van der Waals surface area contributed by atoms with E-state index in [2.05, 4.69) is 39.5 Å². The first-order chi connectivity index (χ1) is 18.2. The van der Waals surface area contributed by atoms with Crippen molar-refractivity contribution in [3.05, 3.63) is 132 Å². The van der Waals surface area contributed by atoms with E-state index in [1.807, 2.05) is 66.7 Å². The summed E-state index contributed by atoms with van der Waals surface area (Å²) in [5.41, 5.74) is 3.54. The van der Waals surface area contributed by atoms with Gasteiger partial charge in [-0.1, -0.05) is 91.0 Å². The number of hydrogen-bond acceptors (Lipinski definition) is 4. The van der Waals surface area contributed by atoms with Crippen molar-refractivity contribution in [1.82, 2.24) is 15.2 Å². The predicted molar refractivity (Wildman–Crippen MR) is 148 cm³/mol. The van der Waals surface area contributed by atoms with E-state index in [4.69, 9.17) is 0 Å². The fourth-order valence-electron chi connectivity index (χ4n) is 4.87. The zero-order valence-electron chi connectivity index (χ0n) is 20.7. The van der Waals surface area contributed by atoms with Crippen LogP contribution < -0.4 is 5.32 Å². The smallest absolute Gasteiger partial charge is 0.254 e. The van der Waals surface area contributed by atoms with E-state index in [-0.39, 0.29) is 11.9 Å². The summed E-state index contributed by atoms with van der Waals surface area (Å²) in [5, 5.41) is 3.09. The van der Waals surface area contributed by atoms with Crippen LogP contribution in [0.3, 0.4) is 0 Å². The number of carbonyl (C=O) groups is 1. The number of benzene rings is 3. The summed E-state index contributed by atoms with van der Waals surface area (Å²) in [4.78, 5) is 20.3. The van der Waals surface area contributed by atoms with E-state index >= 15 is 0 Å². The van der Waals surface area contributed by atoms with Gasteiger partial charge in [0, 0.05) is 31.9 Å². The summed E-state index contributed by atoms with van der Waals surface area (Å²) in [6.07, 6.45) is 3.38. The number of pyridine rings is 1. The molecule has 1 fully saturated rings. The average molecular weight is 510 g/mol. The molecular formula is C31H31N3O2S. The lowest BCUT2D eigenvalue weighted by molar-refractivity contribution is 0.0905. The molecule has 1 N–H and O–H groups in total. The van der Waals surface area contributed by atoms with Crippen molar-refractivity contribution in [3.63, 3.8) is 0 Å². The molecule has 2 heterocycles. The Morgan fingerprint density at radius 3 is 2.00 bits per heavy atom. The third-order valence-electron chi connectivity index (χ3n) is 6.80. The highest BCUT2D eigenvalue weighted by atomic mass is 32.2. The van der Waals surface area contributed by atoms with Crippen LogP contribution in [0.25, 0.3) is 0 Å². The minimum absolute atomic E-state index is 0.0834. The van der Waals surface area contributed by atoms with Gasteiger partial charge in [0.05, 0.1) is 21.6 Å². The number of aromatic nitrogens is 1. The lowest BCUT2D eigenvalue weighted by Gasteiger charge is -2.32. The Labute approximate surface area is 221 Å². The van der Waals surface area contributed by atoms with Crippen molar-refractivity contribution in [3.8, 4) is 0 Å². The largest absolute Gasteiger partial charge is 0.349 e.